The predicted molar refractivity (Wildman–Crippen MR) is 89.5 cm³/mol. The fourth-order valence-electron chi connectivity index (χ4n) is 2.51. The largest absolute Gasteiger partial charge is 0.507 e. The van der Waals surface area contributed by atoms with Gasteiger partial charge in [-0.25, -0.2) is 0 Å². The van der Waals surface area contributed by atoms with Gasteiger partial charge in [0, 0.05) is 18.2 Å². The molecule has 6 heteroatoms. The van der Waals surface area contributed by atoms with Gasteiger partial charge in [-0.15, -0.1) is 16.6 Å². The molecule has 0 saturated heterocycles. The summed E-state index contributed by atoms with van der Waals surface area (Å²) in [5.74, 6) is 3.00. The number of terminal acetylenes is 1. The van der Waals surface area contributed by atoms with Crippen LogP contribution in [0.3, 0.4) is 0 Å². The molecule has 6 nitrogen and oxygen atoms in total. The lowest BCUT2D eigenvalue weighted by atomic mass is 10.0. The predicted octanol–water partition coefficient (Wildman–Crippen LogP) is 2.29. The van der Waals surface area contributed by atoms with Gasteiger partial charge in [0.1, 0.15) is 18.1 Å². The zero-order valence-electron chi connectivity index (χ0n) is 13.2. The first kappa shape index (κ1) is 16.0. The second-order valence-electron chi connectivity index (χ2n) is 5.67. The summed E-state index contributed by atoms with van der Waals surface area (Å²) in [4.78, 5) is 11.6. The molecular weight excluding hydrogens is 306 g/mol. The minimum absolute atomic E-state index is 0.0451. The molecule has 0 atom stereocenters. The highest BCUT2D eigenvalue weighted by Gasteiger charge is 2.29. The maximum absolute atomic E-state index is 11.6. The summed E-state index contributed by atoms with van der Waals surface area (Å²) >= 11 is 0. The Hall–Kier alpha value is -2.91. The minimum Gasteiger partial charge on any atom is -0.507 e. The van der Waals surface area contributed by atoms with Crippen LogP contribution in [0, 0.1) is 12.3 Å². The molecule has 3 rings (SSSR count). The summed E-state index contributed by atoms with van der Waals surface area (Å²) in [5, 5.41) is 21.2. The van der Waals surface area contributed by atoms with Crippen molar-refractivity contribution in [3.8, 4) is 29.4 Å². The molecule has 1 aromatic carbocycles. The number of benzene rings is 1. The van der Waals surface area contributed by atoms with Gasteiger partial charge in [0.15, 0.2) is 5.82 Å². The van der Waals surface area contributed by atoms with Crippen LogP contribution in [0.15, 0.2) is 24.3 Å². The van der Waals surface area contributed by atoms with Gasteiger partial charge < -0.3 is 15.2 Å². The van der Waals surface area contributed by atoms with Crippen LogP contribution in [0.5, 0.6) is 5.75 Å². The molecule has 0 spiro atoms. The molecule has 122 valence electrons. The number of aromatic hydroxyl groups is 1. The van der Waals surface area contributed by atoms with E-state index in [0.29, 0.717) is 28.6 Å². The minimum atomic E-state index is -0.289. The van der Waals surface area contributed by atoms with Crippen molar-refractivity contribution in [2.75, 3.05) is 19.0 Å². The summed E-state index contributed by atoms with van der Waals surface area (Å²) in [5.41, 5.74) is 2.75. The molecule has 0 bridgehead atoms. The average molecular weight is 323 g/mol. The van der Waals surface area contributed by atoms with E-state index in [1.165, 1.54) is 13.2 Å². The van der Waals surface area contributed by atoms with Gasteiger partial charge in [-0.1, -0.05) is 5.92 Å². The molecule has 0 unspecified atom stereocenters. The highest BCUT2D eigenvalue weighted by molar-refractivity contribution is 5.91. The summed E-state index contributed by atoms with van der Waals surface area (Å²) in [6.07, 6.45) is 7.44. The van der Waals surface area contributed by atoms with Crippen molar-refractivity contribution in [2.24, 2.45) is 0 Å². The molecule has 1 aliphatic carbocycles. The third kappa shape index (κ3) is 3.36. The van der Waals surface area contributed by atoms with Crippen LogP contribution in [0.2, 0.25) is 0 Å². The second-order valence-corrected chi connectivity index (χ2v) is 5.67. The lowest BCUT2D eigenvalue weighted by Crippen LogP contribution is -2.18. The lowest BCUT2D eigenvalue weighted by Gasteiger charge is -2.11. The molecule has 1 aromatic heterocycles. The monoisotopic (exact) mass is 323 g/mol. The zero-order chi connectivity index (χ0) is 17.1. The Morgan fingerprint density at radius 2 is 2.21 bits per heavy atom. The number of carbonyl (C=O) groups excluding carboxylic acids is 1. The van der Waals surface area contributed by atoms with E-state index in [1.54, 1.807) is 12.1 Å². The SMILES string of the molecule is C#Cc1ccc(-c2nnc(NC(=O)COC)cc2C2CC2)c(O)c1. The maximum Gasteiger partial charge on any atom is 0.251 e. The number of aromatic nitrogens is 2. The van der Waals surface area contributed by atoms with E-state index in [2.05, 4.69) is 21.4 Å². The number of anilines is 1. The Morgan fingerprint density at radius 3 is 2.83 bits per heavy atom. The summed E-state index contributed by atoms with van der Waals surface area (Å²) in [6.45, 7) is -0.0451. The molecule has 1 saturated carbocycles. The molecule has 2 N–H and O–H groups in total. The van der Waals surface area contributed by atoms with Crippen LogP contribution in [0.4, 0.5) is 5.82 Å². The van der Waals surface area contributed by atoms with Gasteiger partial charge in [-0.2, -0.15) is 0 Å². The van der Waals surface area contributed by atoms with Crippen LogP contribution in [-0.4, -0.2) is 34.9 Å². The van der Waals surface area contributed by atoms with Crippen molar-refractivity contribution in [3.05, 3.63) is 35.4 Å². The number of hydrogen-bond donors (Lipinski definition) is 2. The number of nitrogens with zero attached hydrogens (tertiary/aromatic N) is 2. The topological polar surface area (TPSA) is 84.3 Å². The van der Waals surface area contributed by atoms with Gasteiger partial charge in [-0.05, 0) is 48.6 Å². The van der Waals surface area contributed by atoms with Crippen molar-refractivity contribution >= 4 is 11.7 Å². The van der Waals surface area contributed by atoms with E-state index in [-0.39, 0.29) is 18.3 Å². The first-order chi connectivity index (χ1) is 11.6. The zero-order valence-corrected chi connectivity index (χ0v) is 13.2. The molecule has 1 amide bonds. The standard InChI is InChI=1S/C18H17N3O3/c1-3-11-4-7-13(15(22)8-11)18-14(12-5-6-12)9-16(20-21-18)19-17(23)10-24-2/h1,4,7-9,12,22H,5-6,10H2,2H3,(H,19,20,23). The first-order valence-electron chi connectivity index (χ1n) is 7.58. The second kappa shape index (κ2) is 6.69. The van der Waals surface area contributed by atoms with Crippen LogP contribution in [0.25, 0.3) is 11.3 Å². The van der Waals surface area contributed by atoms with Crippen molar-refractivity contribution in [2.45, 2.75) is 18.8 Å². The molecule has 1 aliphatic rings. The van der Waals surface area contributed by atoms with Crippen molar-refractivity contribution in [1.82, 2.24) is 10.2 Å². The third-order valence-electron chi connectivity index (χ3n) is 3.80. The van der Waals surface area contributed by atoms with Gasteiger partial charge in [-0.3, -0.25) is 4.79 Å². The fourth-order valence-corrected chi connectivity index (χ4v) is 2.51. The van der Waals surface area contributed by atoms with E-state index < -0.39 is 0 Å². The van der Waals surface area contributed by atoms with E-state index in [4.69, 9.17) is 11.2 Å². The van der Waals surface area contributed by atoms with Crippen LogP contribution < -0.4 is 5.32 Å². The number of rotatable bonds is 5. The summed E-state index contributed by atoms with van der Waals surface area (Å²) in [6, 6.07) is 6.83. The van der Waals surface area contributed by atoms with Crippen LogP contribution >= 0.6 is 0 Å². The molecular formula is C18H17N3O3. The summed E-state index contributed by atoms with van der Waals surface area (Å²) in [7, 11) is 1.45. The van der Waals surface area contributed by atoms with Crippen molar-refractivity contribution in [1.29, 1.82) is 0 Å². The molecule has 24 heavy (non-hydrogen) atoms. The quantitative estimate of drug-likeness (QED) is 0.825. The Kier molecular flexibility index (Phi) is 4.45. The number of nitrogens with one attached hydrogen (secondary N) is 1. The number of methoxy groups -OCH3 is 1. The lowest BCUT2D eigenvalue weighted by molar-refractivity contribution is -0.119. The molecule has 2 aromatic rings. The molecule has 0 aliphatic heterocycles. The molecule has 0 radical (unpaired) electrons. The highest BCUT2D eigenvalue weighted by atomic mass is 16.5. The Balaban J connectivity index is 1.97. The first-order valence-corrected chi connectivity index (χ1v) is 7.58. The molecule has 1 fully saturated rings. The Labute approximate surface area is 139 Å². The fraction of sp³-hybridized carbons (Fsp3) is 0.278. The van der Waals surface area contributed by atoms with Crippen LogP contribution in [-0.2, 0) is 9.53 Å². The Morgan fingerprint density at radius 1 is 1.42 bits per heavy atom. The van der Waals surface area contributed by atoms with Gasteiger partial charge in [0.05, 0.1) is 0 Å². The van der Waals surface area contributed by atoms with Crippen LogP contribution in [0.1, 0.15) is 29.9 Å². The van der Waals surface area contributed by atoms with Crippen molar-refractivity contribution < 1.29 is 14.6 Å². The average Bonchev–Trinajstić information content (AvgIpc) is 3.40. The number of amides is 1. The number of ether oxygens (including phenoxy) is 1. The van der Waals surface area contributed by atoms with Gasteiger partial charge in [0.2, 0.25) is 0 Å². The number of hydrogen-bond acceptors (Lipinski definition) is 5. The smallest absolute Gasteiger partial charge is 0.251 e. The van der Waals surface area contributed by atoms with E-state index >= 15 is 0 Å². The van der Waals surface area contributed by atoms with Crippen molar-refractivity contribution in [3.63, 3.8) is 0 Å². The van der Waals surface area contributed by atoms with Gasteiger partial charge in [0.25, 0.3) is 5.91 Å². The highest BCUT2D eigenvalue weighted by Crippen LogP contribution is 2.45. The van der Waals surface area contributed by atoms with E-state index in [9.17, 15) is 9.90 Å². The summed E-state index contributed by atoms with van der Waals surface area (Å²) < 4.78 is 4.79. The molecule has 1 heterocycles. The van der Waals surface area contributed by atoms with Gasteiger partial charge >= 0.3 is 0 Å². The third-order valence-corrected chi connectivity index (χ3v) is 3.80. The number of phenolic OH excluding ortho intramolecular Hbond substituents is 1. The Bertz CT molecular complexity index is 823. The van der Waals surface area contributed by atoms with E-state index in [0.717, 1.165) is 18.4 Å². The number of phenols is 1. The normalized spacial score (nSPS) is 13.3. The van der Waals surface area contributed by atoms with E-state index in [1.807, 2.05) is 6.07 Å². The maximum atomic E-state index is 11.6. The number of carbonyl (C=O) groups is 1.